The molecule has 2 aliphatic rings. The molecule has 0 saturated carbocycles. The molecular formula is C16H21BrN2O. The SMILES string of the molecule is CC(C)=CCN1c2cc(Br)ccc2[C@@]2(O)CCN(C)[C@@H]12. The van der Waals surface area contributed by atoms with Crippen molar-refractivity contribution in [2.24, 2.45) is 0 Å². The summed E-state index contributed by atoms with van der Waals surface area (Å²) < 4.78 is 1.06. The Hall–Kier alpha value is -0.840. The second kappa shape index (κ2) is 4.86. The van der Waals surface area contributed by atoms with Crippen LogP contribution in [0, 0.1) is 0 Å². The number of hydrogen-bond acceptors (Lipinski definition) is 3. The Labute approximate surface area is 129 Å². The number of nitrogens with zero attached hydrogens (tertiary/aromatic N) is 2. The summed E-state index contributed by atoms with van der Waals surface area (Å²) >= 11 is 3.55. The monoisotopic (exact) mass is 336 g/mol. The number of allylic oxidation sites excluding steroid dienone is 1. The van der Waals surface area contributed by atoms with Crippen molar-refractivity contribution in [3.8, 4) is 0 Å². The first-order chi connectivity index (χ1) is 9.43. The number of anilines is 1. The molecule has 3 nitrogen and oxygen atoms in total. The minimum atomic E-state index is -0.736. The molecule has 0 spiro atoms. The normalized spacial score (nSPS) is 28.4. The van der Waals surface area contributed by atoms with Crippen LogP contribution in [0.1, 0.15) is 25.8 Å². The van der Waals surface area contributed by atoms with Gasteiger partial charge in [0.05, 0.1) is 0 Å². The zero-order valence-electron chi connectivity index (χ0n) is 12.2. The van der Waals surface area contributed by atoms with Crippen molar-refractivity contribution in [3.05, 3.63) is 39.9 Å². The lowest BCUT2D eigenvalue weighted by Gasteiger charge is -2.33. The minimum absolute atomic E-state index is 0.0439. The van der Waals surface area contributed by atoms with E-state index in [4.69, 9.17) is 0 Å². The van der Waals surface area contributed by atoms with E-state index in [9.17, 15) is 5.11 Å². The Morgan fingerprint density at radius 2 is 2.25 bits per heavy atom. The Morgan fingerprint density at radius 3 is 2.95 bits per heavy atom. The number of likely N-dealkylation sites (N-methyl/N-ethyl adjacent to an activating group) is 1. The molecule has 0 bridgehead atoms. The van der Waals surface area contributed by atoms with E-state index in [2.05, 4.69) is 64.8 Å². The van der Waals surface area contributed by atoms with Crippen molar-refractivity contribution in [2.45, 2.75) is 32.0 Å². The van der Waals surface area contributed by atoms with Crippen molar-refractivity contribution in [2.75, 3.05) is 25.0 Å². The van der Waals surface area contributed by atoms with E-state index in [0.717, 1.165) is 35.2 Å². The van der Waals surface area contributed by atoms with Gasteiger partial charge in [-0.05, 0) is 39.4 Å². The van der Waals surface area contributed by atoms with Crippen molar-refractivity contribution < 1.29 is 5.11 Å². The van der Waals surface area contributed by atoms with E-state index >= 15 is 0 Å². The second-order valence-electron chi connectivity index (χ2n) is 6.12. The summed E-state index contributed by atoms with van der Waals surface area (Å²) in [5.74, 6) is 0. The van der Waals surface area contributed by atoms with Gasteiger partial charge in [-0.15, -0.1) is 0 Å². The first-order valence-corrected chi connectivity index (χ1v) is 7.85. The van der Waals surface area contributed by atoms with Crippen molar-refractivity contribution in [1.82, 2.24) is 4.90 Å². The summed E-state index contributed by atoms with van der Waals surface area (Å²) in [7, 11) is 2.10. The predicted molar refractivity (Wildman–Crippen MR) is 85.9 cm³/mol. The van der Waals surface area contributed by atoms with Gasteiger partial charge in [-0.1, -0.05) is 33.6 Å². The maximum absolute atomic E-state index is 11.2. The fraction of sp³-hybridized carbons (Fsp3) is 0.500. The Kier molecular flexibility index (Phi) is 3.43. The lowest BCUT2D eigenvalue weighted by Crippen LogP contribution is -2.48. The zero-order valence-corrected chi connectivity index (χ0v) is 13.8. The standard InChI is InChI=1S/C16H21BrN2O/c1-11(2)6-8-19-14-10-12(17)4-5-13(14)16(20)7-9-18(3)15(16)19/h4-6,10,15,20H,7-9H2,1-3H3/t15-,16-/m0/s1. The minimum Gasteiger partial charge on any atom is -0.381 e. The van der Waals surface area contributed by atoms with E-state index in [0.29, 0.717) is 0 Å². The molecule has 1 saturated heterocycles. The van der Waals surface area contributed by atoms with E-state index in [-0.39, 0.29) is 6.17 Å². The van der Waals surface area contributed by atoms with Gasteiger partial charge in [0.15, 0.2) is 0 Å². The van der Waals surface area contributed by atoms with Crippen molar-refractivity contribution >= 4 is 21.6 Å². The summed E-state index contributed by atoms with van der Waals surface area (Å²) in [6.07, 6.45) is 3.07. The van der Waals surface area contributed by atoms with Gasteiger partial charge in [0.2, 0.25) is 0 Å². The molecule has 0 aromatic heterocycles. The van der Waals surface area contributed by atoms with Gasteiger partial charge >= 0.3 is 0 Å². The maximum atomic E-state index is 11.2. The van der Waals surface area contributed by atoms with Gasteiger partial charge in [0.1, 0.15) is 11.8 Å². The van der Waals surface area contributed by atoms with Crippen molar-refractivity contribution in [3.63, 3.8) is 0 Å². The Morgan fingerprint density at radius 1 is 1.50 bits per heavy atom. The highest BCUT2D eigenvalue weighted by molar-refractivity contribution is 9.10. The largest absolute Gasteiger partial charge is 0.381 e. The fourth-order valence-corrected chi connectivity index (χ4v) is 3.80. The van der Waals surface area contributed by atoms with Gasteiger partial charge in [-0.3, -0.25) is 4.90 Å². The fourth-order valence-electron chi connectivity index (χ4n) is 3.45. The Balaban J connectivity index is 2.09. The van der Waals surface area contributed by atoms with Gasteiger partial charge in [0, 0.05) is 28.8 Å². The zero-order chi connectivity index (χ0) is 14.5. The molecule has 0 aliphatic carbocycles. The molecule has 1 aromatic carbocycles. The predicted octanol–water partition coefficient (Wildman–Crippen LogP) is 3.08. The number of aliphatic hydroxyl groups is 1. The summed E-state index contributed by atoms with van der Waals surface area (Å²) in [5.41, 5.74) is 2.78. The van der Waals surface area contributed by atoms with Crippen LogP contribution in [0.5, 0.6) is 0 Å². The molecule has 1 fully saturated rings. The van der Waals surface area contributed by atoms with Crippen LogP contribution >= 0.6 is 15.9 Å². The molecule has 0 unspecified atom stereocenters. The van der Waals surface area contributed by atoms with Crippen LogP contribution in [0.3, 0.4) is 0 Å². The average Bonchev–Trinajstić information content (AvgIpc) is 2.80. The van der Waals surface area contributed by atoms with Crippen LogP contribution in [0.2, 0.25) is 0 Å². The van der Waals surface area contributed by atoms with Crippen LogP contribution in [0.25, 0.3) is 0 Å². The van der Waals surface area contributed by atoms with Crippen LogP contribution in [-0.4, -0.2) is 36.3 Å². The average molecular weight is 337 g/mol. The third-order valence-corrected chi connectivity index (χ3v) is 4.91. The van der Waals surface area contributed by atoms with Gasteiger partial charge in [-0.2, -0.15) is 0 Å². The first kappa shape index (κ1) is 14.1. The van der Waals surface area contributed by atoms with Crippen LogP contribution in [-0.2, 0) is 5.60 Å². The Bertz CT molecular complexity index is 568. The molecule has 0 amide bonds. The molecule has 1 N–H and O–H groups in total. The van der Waals surface area contributed by atoms with E-state index in [1.807, 2.05) is 6.07 Å². The topological polar surface area (TPSA) is 26.7 Å². The van der Waals surface area contributed by atoms with Gasteiger partial charge in [-0.25, -0.2) is 0 Å². The summed E-state index contributed by atoms with van der Waals surface area (Å²) in [5, 5.41) is 11.2. The molecule has 4 heteroatoms. The molecular weight excluding hydrogens is 316 g/mol. The number of fused-ring (bicyclic) bond motifs is 3. The molecule has 108 valence electrons. The lowest BCUT2D eigenvalue weighted by molar-refractivity contribution is 0.0153. The summed E-state index contributed by atoms with van der Waals surface area (Å²) in [6, 6.07) is 6.21. The lowest BCUT2D eigenvalue weighted by atomic mass is 9.93. The molecule has 0 radical (unpaired) electrons. The maximum Gasteiger partial charge on any atom is 0.127 e. The first-order valence-electron chi connectivity index (χ1n) is 7.06. The molecule has 1 aromatic rings. The highest BCUT2D eigenvalue weighted by Crippen LogP contribution is 2.50. The third-order valence-electron chi connectivity index (χ3n) is 4.42. The third kappa shape index (κ3) is 2.01. The van der Waals surface area contributed by atoms with Crippen LogP contribution in [0.4, 0.5) is 5.69 Å². The summed E-state index contributed by atoms with van der Waals surface area (Å²) in [6.45, 7) is 6.00. The molecule has 20 heavy (non-hydrogen) atoms. The van der Waals surface area contributed by atoms with Gasteiger partial charge in [0.25, 0.3) is 0 Å². The second-order valence-corrected chi connectivity index (χ2v) is 7.04. The van der Waals surface area contributed by atoms with Crippen molar-refractivity contribution in [1.29, 1.82) is 0 Å². The highest BCUT2D eigenvalue weighted by Gasteiger charge is 2.55. The van der Waals surface area contributed by atoms with Gasteiger partial charge < -0.3 is 10.0 Å². The molecule has 2 atom stereocenters. The highest BCUT2D eigenvalue weighted by atomic mass is 79.9. The molecule has 2 aliphatic heterocycles. The smallest absolute Gasteiger partial charge is 0.127 e. The quantitative estimate of drug-likeness (QED) is 0.840. The van der Waals surface area contributed by atoms with E-state index in [1.165, 1.54) is 5.57 Å². The number of benzene rings is 1. The van der Waals surface area contributed by atoms with Crippen LogP contribution < -0.4 is 4.90 Å². The van der Waals surface area contributed by atoms with Crippen LogP contribution in [0.15, 0.2) is 34.3 Å². The number of rotatable bonds is 2. The summed E-state index contributed by atoms with van der Waals surface area (Å²) in [4.78, 5) is 4.58. The number of halogens is 1. The molecule has 3 rings (SSSR count). The van der Waals surface area contributed by atoms with E-state index in [1.54, 1.807) is 0 Å². The number of likely N-dealkylation sites (tertiary alicyclic amines) is 1. The van der Waals surface area contributed by atoms with E-state index < -0.39 is 5.60 Å². The number of hydrogen-bond donors (Lipinski definition) is 1. The molecule has 2 heterocycles.